The Bertz CT molecular complexity index is 626. The second kappa shape index (κ2) is 4.97. The molecule has 1 aliphatic rings. The molecule has 1 aliphatic carbocycles. The van der Waals surface area contributed by atoms with Crippen LogP contribution in [-0.2, 0) is 6.54 Å². The third-order valence-electron chi connectivity index (χ3n) is 3.73. The van der Waals surface area contributed by atoms with Crippen LogP contribution in [0.15, 0.2) is 18.2 Å². The van der Waals surface area contributed by atoms with Gasteiger partial charge in [-0.2, -0.15) is 0 Å². The van der Waals surface area contributed by atoms with Gasteiger partial charge in [0.15, 0.2) is 0 Å². The van der Waals surface area contributed by atoms with E-state index in [4.69, 9.17) is 11.6 Å². The molecule has 0 saturated heterocycles. The summed E-state index contributed by atoms with van der Waals surface area (Å²) in [4.78, 5) is 9.67. The fourth-order valence-corrected chi connectivity index (χ4v) is 2.58. The molecule has 2 aromatic rings. The van der Waals surface area contributed by atoms with Gasteiger partial charge >= 0.3 is 0 Å². The monoisotopic (exact) mass is 299 g/mol. The Morgan fingerprint density at radius 1 is 1.50 bits per heavy atom. The van der Waals surface area contributed by atoms with Crippen molar-refractivity contribution in [2.75, 3.05) is 13.6 Å². The minimum absolute atomic E-state index is 0.0456. The number of aromatic nitrogens is 2. The summed E-state index contributed by atoms with van der Waals surface area (Å²) < 4.78 is 25.6. The molecule has 1 heterocycles. The van der Waals surface area contributed by atoms with E-state index in [2.05, 4.69) is 9.97 Å². The minimum Gasteiger partial charge on any atom is -0.341 e. The number of nitrogens with zero attached hydrogens (tertiary/aromatic N) is 2. The number of hydrogen-bond donors (Lipinski definition) is 1. The van der Waals surface area contributed by atoms with Crippen molar-refractivity contribution < 1.29 is 8.78 Å². The third-order valence-corrected chi connectivity index (χ3v) is 3.96. The molecule has 1 aromatic carbocycles. The van der Waals surface area contributed by atoms with Crippen LogP contribution in [0.4, 0.5) is 8.78 Å². The van der Waals surface area contributed by atoms with Crippen LogP contribution in [0.3, 0.4) is 0 Å². The van der Waals surface area contributed by atoms with Crippen LogP contribution in [-0.4, -0.2) is 34.4 Å². The van der Waals surface area contributed by atoms with Crippen LogP contribution in [0.2, 0.25) is 5.02 Å². The van der Waals surface area contributed by atoms with Gasteiger partial charge in [0.1, 0.15) is 5.82 Å². The van der Waals surface area contributed by atoms with E-state index in [-0.39, 0.29) is 6.42 Å². The smallest absolute Gasteiger partial charge is 0.251 e. The molecule has 1 fully saturated rings. The molecule has 1 N–H and O–H groups in total. The number of halogens is 3. The van der Waals surface area contributed by atoms with Gasteiger partial charge in [0.25, 0.3) is 5.92 Å². The van der Waals surface area contributed by atoms with E-state index >= 15 is 0 Å². The number of aromatic amines is 1. The molecule has 0 aliphatic heterocycles. The van der Waals surface area contributed by atoms with Gasteiger partial charge in [0.2, 0.25) is 0 Å². The zero-order valence-electron chi connectivity index (χ0n) is 11.2. The van der Waals surface area contributed by atoms with Crippen LogP contribution in [0.1, 0.15) is 18.7 Å². The third kappa shape index (κ3) is 2.94. The molecule has 1 aromatic heterocycles. The number of benzene rings is 1. The number of rotatable bonds is 5. The van der Waals surface area contributed by atoms with Crippen molar-refractivity contribution >= 4 is 22.6 Å². The SMILES string of the molecule is CN(CC[C@@H]1CC1(F)F)Cc1nc2ccc(Cl)cc2[nH]1. The van der Waals surface area contributed by atoms with Crippen LogP contribution in [0.25, 0.3) is 11.0 Å². The van der Waals surface area contributed by atoms with Gasteiger partial charge in [0, 0.05) is 17.4 Å². The summed E-state index contributed by atoms with van der Waals surface area (Å²) in [6, 6.07) is 5.49. The molecule has 0 spiro atoms. The predicted molar refractivity (Wildman–Crippen MR) is 75.1 cm³/mol. The standard InChI is InChI=1S/C14H16ClF2N3/c1-20(5-4-9-7-14(9,16)17)8-13-18-11-3-2-10(15)6-12(11)19-13/h2-3,6,9H,4-5,7-8H2,1H3,(H,18,19)/t9-/m1/s1. The molecule has 0 bridgehead atoms. The zero-order chi connectivity index (χ0) is 14.3. The largest absolute Gasteiger partial charge is 0.341 e. The van der Waals surface area contributed by atoms with Crippen LogP contribution in [0, 0.1) is 5.92 Å². The molecular weight excluding hydrogens is 284 g/mol. The Kier molecular flexibility index (Phi) is 3.42. The molecule has 20 heavy (non-hydrogen) atoms. The van der Waals surface area contributed by atoms with Crippen molar-refractivity contribution in [2.24, 2.45) is 5.92 Å². The van der Waals surface area contributed by atoms with Crippen molar-refractivity contribution in [1.29, 1.82) is 0 Å². The fraction of sp³-hybridized carbons (Fsp3) is 0.500. The maximum atomic E-state index is 12.8. The highest BCUT2D eigenvalue weighted by molar-refractivity contribution is 6.31. The molecule has 3 rings (SSSR count). The predicted octanol–water partition coefficient (Wildman–Crippen LogP) is 3.69. The highest BCUT2D eigenvalue weighted by atomic mass is 35.5. The molecule has 3 nitrogen and oxygen atoms in total. The Hall–Kier alpha value is -1.20. The van der Waals surface area contributed by atoms with Crippen molar-refractivity contribution in [3.8, 4) is 0 Å². The van der Waals surface area contributed by atoms with E-state index in [9.17, 15) is 8.78 Å². The maximum absolute atomic E-state index is 12.8. The first kappa shape index (κ1) is 13.8. The molecule has 108 valence electrons. The Labute approximate surface area is 120 Å². The van der Waals surface area contributed by atoms with E-state index in [1.165, 1.54) is 0 Å². The van der Waals surface area contributed by atoms with E-state index < -0.39 is 11.8 Å². The highest BCUT2D eigenvalue weighted by Gasteiger charge is 2.55. The van der Waals surface area contributed by atoms with Crippen molar-refractivity contribution in [3.05, 3.63) is 29.0 Å². The minimum atomic E-state index is -2.42. The summed E-state index contributed by atoms with van der Waals surface area (Å²) in [6.45, 7) is 1.27. The summed E-state index contributed by atoms with van der Waals surface area (Å²) in [5, 5.41) is 0.664. The van der Waals surface area contributed by atoms with E-state index in [0.29, 0.717) is 24.5 Å². The first-order valence-electron chi connectivity index (χ1n) is 6.64. The van der Waals surface area contributed by atoms with Crippen molar-refractivity contribution in [2.45, 2.75) is 25.3 Å². The topological polar surface area (TPSA) is 31.9 Å². The zero-order valence-corrected chi connectivity index (χ0v) is 11.9. The van der Waals surface area contributed by atoms with Gasteiger partial charge in [-0.15, -0.1) is 0 Å². The molecule has 1 atom stereocenters. The second-order valence-electron chi connectivity index (χ2n) is 5.53. The fourth-order valence-electron chi connectivity index (χ4n) is 2.40. The summed E-state index contributed by atoms with van der Waals surface area (Å²) >= 11 is 5.92. The van der Waals surface area contributed by atoms with Gasteiger partial charge in [-0.3, -0.25) is 4.90 Å². The van der Waals surface area contributed by atoms with Gasteiger partial charge in [0.05, 0.1) is 17.6 Å². The van der Waals surface area contributed by atoms with Crippen LogP contribution >= 0.6 is 11.6 Å². The van der Waals surface area contributed by atoms with Gasteiger partial charge in [-0.1, -0.05) is 11.6 Å². The number of hydrogen-bond acceptors (Lipinski definition) is 2. The number of H-pyrrole nitrogens is 1. The Morgan fingerprint density at radius 3 is 2.95 bits per heavy atom. The van der Waals surface area contributed by atoms with Gasteiger partial charge in [-0.05, 0) is 38.2 Å². The number of nitrogens with one attached hydrogen (secondary N) is 1. The Balaban J connectivity index is 1.58. The maximum Gasteiger partial charge on any atom is 0.251 e. The van der Waals surface area contributed by atoms with Gasteiger partial charge in [-0.25, -0.2) is 13.8 Å². The number of fused-ring (bicyclic) bond motifs is 1. The highest BCUT2D eigenvalue weighted by Crippen LogP contribution is 2.50. The first-order chi connectivity index (χ1) is 9.44. The average molecular weight is 300 g/mol. The Morgan fingerprint density at radius 2 is 2.25 bits per heavy atom. The van der Waals surface area contributed by atoms with Crippen LogP contribution in [0.5, 0.6) is 0 Å². The van der Waals surface area contributed by atoms with E-state index in [1.807, 2.05) is 24.1 Å². The molecular formula is C14H16ClF2N3. The summed E-state index contributed by atoms with van der Waals surface area (Å²) in [7, 11) is 1.92. The van der Waals surface area contributed by atoms with E-state index in [0.717, 1.165) is 16.9 Å². The number of imidazole rings is 1. The number of alkyl halides is 2. The lowest BCUT2D eigenvalue weighted by atomic mass is 10.3. The quantitative estimate of drug-likeness (QED) is 0.913. The molecule has 0 amide bonds. The summed E-state index contributed by atoms with van der Waals surface area (Å²) in [5.41, 5.74) is 1.76. The second-order valence-corrected chi connectivity index (χ2v) is 5.97. The lowest BCUT2D eigenvalue weighted by Gasteiger charge is -2.14. The molecule has 1 saturated carbocycles. The summed E-state index contributed by atoms with van der Waals surface area (Å²) in [5.74, 6) is -2.02. The molecule has 0 unspecified atom stereocenters. The van der Waals surface area contributed by atoms with Crippen LogP contribution < -0.4 is 0 Å². The molecule has 0 radical (unpaired) electrons. The van der Waals surface area contributed by atoms with Gasteiger partial charge < -0.3 is 4.98 Å². The average Bonchev–Trinajstić information content (AvgIpc) is 2.79. The first-order valence-corrected chi connectivity index (χ1v) is 7.02. The lowest BCUT2D eigenvalue weighted by Crippen LogP contribution is -2.20. The van der Waals surface area contributed by atoms with E-state index in [1.54, 1.807) is 6.07 Å². The lowest BCUT2D eigenvalue weighted by molar-refractivity contribution is 0.0943. The van der Waals surface area contributed by atoms with Crippen molar-refractivity contribution in [1.82, 2.24) is 14.9 Å². The van der Waals surface area contributed by atoms with Crippen molar-refractivity contribution in [3.63, 3.8) is 0 Å². The molecule has 6 heteroatoms. The normalized spacial score (nSPS) is 20.8. The summed E-state index contributed by atoms with van der Waals surface area (Å²) in [6.07, 6.45) is 0.583.